The minimum atomic E-state index is -0.831. The molecule has 1 amide bonds. The van der Waals surface area contributed by atoms with Crippen molar-refractivity contribution in [1.29, 1.82) is 0 Å². The number of nitrogens with one attached hydrogen (secondary N) is 1. The Morgan fingerprint density at radius 3 is 2.65 bits per heavy atom. The summed E-state index contributed by atoms with van der Waals surface area (Å²) in [6, 6.07) is 17.4. The van der Waals surface area contributed by atoms with Crippen LogP contribution in [0.15, 0.2) is 58.9 Å². The number of esters is 1. The van der Waals surface area contributed by atoms with E-state index in [4.69, 9.17) is 4.74 Å². The number of thioether (sulfide) groups is 1. The highest BCUT2D eigenvalue weighted by Crippen LogP contribution is 2.29. The van der Waals surface area contributed by atoms with Crippen molar-refractivity contribution in [3.05, 3.63) is 60.2 Å². The molecule has 0 bridgehead atoms. The SMILES string of the molecule is CC(OC(=O)CSc1nc2ccccc2s1)C(=O)NCc1ccccc1. The summed E-state index contributed by atoms with van der Waals surface area (Å²) in [7, 11) is 0. The first kappa shape index (κ1) is 18.4. The first-order chi connectivity index (χ1) is 12.6. The molecule has 0 radical (unpaired) electrons. The number of benzene rings is 2. The van der Waals surface area contributed by atoms with Crippen molar-refractivity contribution < 1.29 is 14.3 Å². The number of aromatic nitrogens is 1. The van der Waals surface area contributed by atoms with E-state index < -0.39 is 12.1 Å². The summed E-state index contributed by atoms with van der Waals surface area (Å²) in [5.74, 6) is -0.625. The van der Waals surface area contributed by atoms with Crippen LogP contribution < -0.4 is 5.32 Å². The summed E-state index contributed by atoms with van der Waals surface area (Å²) in [5.41, 5.74) is 1.91. The van der Waals surface area contributed by atoms with Crippen molar-refractivity contribution in [2.45, 2.75) is 23.9 Å². The number of thiazole rings is 1. The summed E-state index contributed by atoms with van der Waals surface area (Å²) in [4.78, 5) is 28.5. The van der Waals surface area contributed by atoms with Gasteiger partial charge in [0.1, 0.15) is 0 Å². The van der Waals surface area contributed by atoms with Crippen LogP contribution in [0, 0.1) is 0 Å². The molecule has 0 aliphatic heterocycles. The summed E-state index contributed by atoms with van der Waals surface area (Å²) >= 11 is 2.85. The lowest BCUT2D eigenvalue weighted by Gasteiger charge is -2.13. The van der Waals surface area contributed by atoms with Gasteiger partial charge in [-0.05, 0) is 24.6 Å². The van der Waals surface area contributed by atoms with Crippen LogP contribution in [-0.4, -0.2) is 28.7 Å². The van der Waals surface area contributed by atoms with E-state index in [0.717, 1.165) is 20.1 Å². The van der Waals surface area contributed by atoms with Gasteiger partial charge in [-0.25, -0.2) is 4.98 Å². The Bertz CT molecular complexity index is 863. The maximum atomic E-state index is 12.0. The molecule has 0 aliphatic rings. The molecule has 1 unspecified atom stereocenters. The van der Waals surface area contributed by atoms with E-state index >= 15 is 0 Å². The van der Waals surface area contributed by atoms with E-state index in [1.54, 1.807) is 6.92 Å². The summed E-state index contributed by atoms with van der Waals surface area (Å²) in [6.45, 7) is 1.97. The molecule has 0 aliphatic carbocycles. The zero-order chi connectivity index (χ0) is 18.4. The minimum Gasteiger partial charge on any atom is -0.452 e. The molecule has 0 fully saturated rings. The van der Waals surface area contributed by atoms with Gasteiger partial charge in [-0.15, -0.1) is 11.3 Å². The van der Waals surface area contributed by atoms with Crippen LogP contribution in [-0.2, 0) is 20.9 Å². The third-order valence-electron chi connectivity index (χ3n) is 3.57. The number of nitrogens with zero attached hydrogens (tertiary/aromatic N) is 1. The lowest BCUT2D eigenvalue weighted by molar-refractivity contribution is -0.152. The Labute approximate surface area is 159 Å². The number of hydrogen-bond donors (Lipinski definition) is 1. The zero-order valence-electron chi connectivity index (χ0n) is 14.2. The van der Waals surface area contributed by atoms with Crippen LogP contribution >= 0.6 is 23.1 Å². The molecular weight excluding hydrogens is 368 g/mol. The Morgan fingerprint density at radius 2 is 1.88 bits per heavy atom. The second-order valence-electron chi connectivity index (χ2n) is 5.57. The first-order valence-electron chi connectivity index (χ1n) is 8.11. The maximum absolute atomic E-state index is 12.0. The molecule has 1 atom stereocenters. The van der Waals surface area contributed by atoms with Crippen LogP contribution in [0.5, 0.6) is 0 Å². The van der Waals surface area contributed by atoms with Gasteiger partial charge in [0.15, 0.2) is 10.4 Å². The van der Waals surface area contributed by atoms with Gasteiger partial charge in [-0.3, -0.25) is 9.59 Å². The summed E-state index contributed by atoms with van der Waals surface area (Å²) < 4.78 is 7.09. The molecule has 0 spiro atoms. The van der Waals surface area contributed by atoms with E-state index in [9.17, 15) is 9.59 Å². The monoisotopic (exact) mass is 386 g/mol. The number of para-hydroxylation sites is 1. The summed E-state index contributed by atoms with van der Waals surface area (Å²) in [6.07, 6.45) is -0.831. The van der Waals surface area contributed by atoms with Crippen LogP contribution in [0.4, 0.5) is 0 Å². The van der Waals surface area contributed by atoms with E-state index in [1.165, 1.54) is 23.1 Å². The van der Waals surface area contributed by atoms with E-state index in [1.807, 2.05) is 54.6 Å². The molecule has 134 valence electrons. The number of carbonyl (C=O) groups excluding carboxylic acids is 2. The number of fused-ring (bicyclic) bond motifs is 1. The van der Waals surface area contributed by atoms with E-state index in [0.29, 0.717) is 6.54 Å². The van der Waals surface area contributed by atoms with Crippen LogP contribution in [0.25, 0.3) is 10.2 Å². The van der Waals surface area contributed by atoms with Crippen molar-refractivity contribution in [3.63, 3.8) is 0 Å². The summed E-state index contributed by atoms with van der Waals surface area (Å²) in [5, 5.41) is 2.76. The third-order valence-corrected chi connectivity index (χ3v) is 5.73. The van der Waals surface area contributed by atoms with Crippen molar-refractivity contribution in [1.82, 2.24) is 10.3 Å². The zero-order valence-corrected chi connectivity index (χ0v) is 15.8. The Hall–Kier alpha value is -2.38. The second kappa shape index (κ2) is 8.82. The fourth-order valence-corrected chi connectivity index (χ4v) is 4.10. The average Bonchev–Trinajstić information content (AvgIpc) is 3.08. The van der Waals surface area contributed by atoms with Crippen molar-refractivity contribution in [2.24, 2.45) is 0 Å². The molecular formula is C19H18N2O3S2. The molecule has 3 aromatic rings. The minimum absolute atomic E-state index is 0.121. The van der Waals surface area contributed by atoms with Crippen LogP contribution in [0.2, 0.25) is 0 Å². The van der Waals surface area contributed by atoms with Crippen LogP contribution in [0.3, 0.4) is 0 Å². The Kier molecular flexibility index (Phi) is 6.25. The molecule has 0 saturated heterocycles. The first-order valence-corrected chi connectivity index (χ1v) is 9.91. The lowest BCUT2D eigenvalue weighted by Crippen LogP contribution is -2.35. The van der Waals surface area contributed by atoms with Gasteiger partial charge in [-0.2, -0.15) is 0 Å². The van der Waals surface area contributed by atoms with Gasteiger partial charge in [0.25, 0.3) is 5.91 Å². The predicted molar refractivity (Wildman–Crippen MR) is 104 cm³/mol. The van der Waals surface area contributed by atoms with Gasteiger partial charge in [0.2, 0.25) is 0 Å². The molecule has 1 N–H and O–H groups in total. The highest BCUT2D eigenvalue weighted by molar-refractivity contribution is 8.01. The maximum Gasteiger partial charge on any atom is 0.317 e. The highest BCUT2D eigenvalue weighted by Gasteiger charge is 2.18. The number of ether oxygens (including phenoxy) is 1. The fourth-order valence-electron chi connectivity index (χ4n) is 2.25. The highest BCUT2D eigenvalue weighted by atomic mass is 32.2. The topological polar surface area (TPSA) is 68.3 Å². The van der Waals surface area contributed by atoms with Gasteiger partial charge >= 0.3 is 5.97 Å². The van der Waals surface area contributed by atoms with Crippen LogP contribution in [0.1, 0.15) is 12.5 Å². The van der Waals surface area contributed by atoms with E-state index in [-0.39, 0.29) is 11.7 Å². The molecule has 3 rings (SSSR count). The lowest BCUT2D eigenvalue weighted by atomic mass is 10.2. The Morgan fingerprint density at radius 1 is 1.15 bits per heavy atom. The number of rotatable bonds is 7. The predicted octanol–water partition coefficient (Wildman–Crippen LogP) is 3.64. The number of hydrogen-bond acceptors (Lipinski definition) is 6. The average molecular weight is 386 g/mol. The molecule has 0 saturated carbocycles. The van der Waals surface area contributed by atoms with Gasteiger partial charge in [0.05, 0.1) is 16.0 Å². The molecule has 7 heteroatoms. The largest absolute Gasteiger partial charge is 0.452 e. The number of amides is 1. The van der Waals surface area contributed by atoms with Crippen molar-refractivity contribution >= 4 is 45.2 Å². The second-order valence-corrected chi connectivity index (χ2v) is 7.82. The molecule has 1 aromatic heterocycles. The van der Waals surface area contributed by atoms with Crippen molar-refractivity contribution in [2.75, 3.05) is 5.75 Å². The normalized spacial score (nSPS) is 11.9. The van der Waals surface area contributed by atoms with E-state index in [2.05, 4.69) is 10.3 Å². The Balaban J connectivity index is 1.44. The van der Waals surface area contributed by atoms with Gasteiger partial charge in [0, 0.05) is 6.54 Å². The number of carbonyl (C=O) groups is 2. The molecule has 1 heterocycles. The third kappa shape index (κ3) is 5.06. The fraction of sp³-hybridized carbons (Fsp3) is 0.211. The quantitative estimate of drug-likeness (QED) is 0.496. The van der Waals surface area contributed by atoms with Crippen molar-refractivity contribution in [3.8, 4) is 0 Å². The molecule has 26 heavy (non-hydrogen) atoms. The van der Waals surface area contributed by atoms with Gasteiger partial charge < -0.3 is 10.1 Å². The smallest absolute Gasteiger partial charge is 0.317 e. The molecule has 2 aromatic carbocycles. The van der Waals surface area contributed by atoms with Gasteiger partial charge in [-0.1, -0.05) is 54.2 Å². The standard InChI is InChI=1S/C19H18N2O3S2/c1-13(18(23)20-11-14-7-3-2-4-8-14)24-17(22)12-25-19-21-15-9-5-6-10-16(15)26-19/h2-10,13H,11-12H2,1H3,(H,20,23). The molecule has 5 nitrogen and oxygen atoms in total.